The third-order valence-corrected chi connectivity index (χ3v) is 3.91. The largest absolute Gasteiger partial charge is 0.449 e. The Morgan fingerprint density at radius 3 is 2.46 bits per heavy atom. The summed E-state index contributed by atoms with van der Waals surface area (Å²) in [5, 5.41) is 1.83. The lowest BCUT2D eigenvalue weighted by Crippen LogP contribution is -2.42. The van der Waals surface area contributed by atoms with E-state index in [1.54, 1.807) is 32.3 Å². The highest BCUT2D eigenvalue weighted by molar-refractivity contribution is 8.00. The Kier molecular flexibility index (Phi) is 7.25. The first-order valence-corrected chi connectivity index (χ1v) is 7.94. The van der Waals surface area contributed by atoms with Crippen LogP contribution in [0.2, 0.25) is 0 Å². The van der Waals surface area contributed by atoms with Gasteiger partial charge in [0, 0.05) is 19.0 Å². The topological polar surface area (TPSA) is 119 Å². The minimum atomic E-state index is -1.19. The van der Waals surface area contributed by atoms with Crippen molar-refractivity contribution < 1.29 is 23.9 Å². The zero-order valence-corrected chi connectivity index (χ0v) is 14.4. The van der Waals surface area contributed by atoms with E-state index >= 15 is 0 Å². The van der Waals surface area contributed by atoms with Gasteiger partial charge >= 0.3 is 12.0 Å². The van der Waals surface area contributed by atoms with Gasteiger partial charge in [-0.15, -0.1) is 11.8 Å². The monoisotopic (exact) mass is 353 g/mol. The number of nitrogens with two attached hydrogens (primary N) is 1. The first kappa shape index (κ1) is 19.5. The Hall–Kier alpha value is -2.55. The van der Waals surface area contributed by atoms with Crippen molar-refractivity contribution in [1.29, 1.82) is 0 Å². The maximum Gasteiger partial charge on any atom is 0.340 e. The maximum absolute atomic E-state index is 12.2. The number of hydrogen-bond acceptors (Lipinski definition) is 6. The molecule has 1 aromatic rings. The Morgan fingerprint density at radius 2 is 1.88 bits per heavy atom. The van der Waals surface area contributed by atoms with E-state index in [1.165, 1.54) is 29.7 Å². The van der Waals surface area contributed by atoms with Crippen LogP contribution in [0.5, 0.6) is 0 Å². The van der Waals surface area contributed by atoms with Crippen LogP contribution in [0.15, 0.2) is 29.2 Å². The number of rotatable bonds is 6. The van der Waals surface area contributed by atoms with Crippen molar-refractivity contribution >= 4 is 35.6 Å². The molecule has 24 heavy (non-hydrogen) atoms. The van der Waals surface area contributed by atoms with E-state index in [9.17, 15) is 19.2 Å². The molecular formula is C15H19N3O5S. The van der Waals surface area contributed by atoms with Gasteiger partial charge in [-0.05, 0) is 19.1 Å². The second-order valence-corrected chi connectivity index (χ2v) is 5.99. The molecule has 0 aliphatic heterocycles. The molecule has 0 aliphatic carbocycles. The highest BCUT2D eigenvalue weighted by Gasteiger charge is 2.22. The zero-order chi connectivity index (χ0) is 18.3. The average molecular weight is 353 g/mol. The number of thioether (sulfide) groups is 1. The quantitative estimate of drug-likeness (QED) is 0.571. The van der Waals surface area contributed by atoms with Gasteiger partial charge in [0.2, 0.25) is 5.91 Å². The molecule has 0 aliphatic rings. The second kappa shape index (κ2) is 8.92. The van der Waals surface area contributed by atoms with Crippen molar-refractivity contribution in [3.8, 4) is 0 Å². The van der Waals surface area contributed by atoms with E-state index in [4.69, 9.17) is 10.5 Å². The Morgan fingerprint density at radius 1 is 1.25 bits per heavy atom. The molecule has 0 unspecified atom stereocenters. The van der Waals surface area contributed by atoms with Crippen molar-refractivity contribution in [2.45, 2.75) is 17.9 Å². The van der Waals surface area contributed by atoms with Crippen LogP contribution < -0.4 is 11.1 Å². The van der Waals surface area contributed by atoms with Gasteiger partial charge in [-0.1, -0.05) is 12.1 Å². The van der Waals surface area contributed by atoms with E-state index in [2.05, 4.69) is 0 Å². The molecule has 0 saturated heterocycles. The summed E-state index contributed by atoms with van der Waals surface area (Å²) in [6.07, 6.45) is -1.19. The van der Waals surface area contributed by atoms with Crippen LogP contribution in [0.25, 0.3) is 0 Å². The lowest BCUT2D eigenvalue weighted by Gasteiger charge is -2.14. The summed E-state index contributed by atoms with van der Waals surface area (Å²) in [4.78, 5) is 48.1. The fourth-order valence-corrected chi connectivity index (χ4v) is 2.55. The van der Waals surface area contributed by atoms with Gasteiger partial charge in [-0.25, -0.2) is 9.59 Å². The number of urea groups is 1. The third kappa shape index (κ3) is 5.92. The van der Waals surface area contributed by atoms with Crippen molar-refractivity contribution in [3.63, 3.8) is 0 Å². The number of imide groups is 1. The van der Waals surface area contributed by atoms with Crippen LogP contribution in [0.3, 0.4) is 0 Å². The van der Waals surface area contributed by atoms with Crippen molar-refractivity contribution in [1.82, 2.24) is 10.2 Å². The zero-order valence-electron chi connectivity index (χ0n) is 13.6. The number of esters is 1. The number of hydrogen-bond donors (Lipinski definition) is 2. The summed E-state index contributed by atoms with van der Waals surface area (Å²) in [5.41, 5.74) is 5.07. The molecule has 0 spiro atoms. The summed E-state index contributed by atoms with van der Waals surface area (Å²) in [7, 11) is 3.28. The highest BCUT2D eigenvalue weighted by atomic mass is 32.2. The van der Waals surface area contributed by atoms with Gasteiger partial charge < -0.3 is 15.4 Å². The fourth-order valence-electron chi connectivity index (χ4n) is 1.53. The number of carbonyl (C=O) groups excluding carboxylic acids is 4. The standard InChI is InChI=1S/C15H19N3O5S/c1-9(13(20)17-15(16)22)23-14(21)10-6-4-5-7-11(10)24-8-12(19)18(2)3/h4-7,9H,8H2,1-3H3,(H3,16,17,20,22)/t9-/m1/s1. The molecule has 1 aromatic carbocycles. The van der Waals surface area contributed by atoms with Crippen LogP contribution in [-0.2, 0) is 14.3 Å². The predicted octanol–water partition coefficient (Wildman–Crippen LogP) is 0.607. The van der Waals surface area contributed by atoms with Crippen LogP contribution in [-0.4, -0.2) is 54.7 Å². The van der Waals surface area contributed by atoms with Crippen LogP contribution >= 0.6 is 11.8 Å². The number of carbonyl (C=O) groups is 4. The van der Waals surface area contributed by atoms with Crippen molar-refractivity contribution in [3.05, 3.63) is 29.8 Å². The Balaban J connectivity index is 2.78. The third-order valence-electron chi connectivity index (χ3n) is 2.86. The lowest BCUT2D eigenvalue weighted by atomic mass is 10.2. The fraction of sp³-hybridized carbons (Fsp3) is 0.333. The average Bonchev–Trinajstić information content (AvgIpc) is 2.51. The van der Waals surface area contributed by atoms with E-state index in [1.807, 2.05) is 5.32 Å². The van der Waals surface area contributed by atoms with Crippen molar-refractivity contribution in [2.24, 2.45) is 5.73 Å². The molecule has 3 N–H and O–H groups in total. The number of ether oxygens (including phenoxy) is 1. The van der Waals surface area contributed by atoms with E-state index < -0.39 is 24.0 Å². The van der Waals surface area contributed by atoms with Gasteiger partial charge in [0.05, 0.1) is 11.3 Å². The molecule has 0 fully saturated rings. The van der Waals surface area contributed by atoms with Gasteiger partial charge in [0.25, 0.3) is 5.91 Å². The number of nitrogens with one attached hydrogen (secondary N) is 1. The van der Waals surface area contributed by atoms with E-state index in [0.717, 1.165) is 0 Å². The molecule has 130 valence electrons. The van der Waals surface area contributed by atoms with E-state index in [-0.39, 0.29) is 17.2 Å². The molecule has 1 atom stereocenters. The molecule has 4 amide bonds. The summed E-state index contributed by atoms with van der Waals surface area (Å²) in [6, 6.07) is 5.55. The van der Waals surface area contributed by atoms with Gasteiger partial charge in [0.1, 0.15) is 0 Å². The molecule has 0 bridgehead atoms. The van der Waals surface area contributed by atoms with Crippen LogP contribution in [0.1, 0.15) is 17.3 Å². The molecule has 0 heterocycles. The second-order valence-electron chi connectivity index (χ2n) is 4.97. The van der Waals surface area contributed by atoms with Crippen LogP contribution in [0, 0.1) is 0 Å². The lowest BCUT2D eigenvalue weighted by molar-refractivity contribution is -0.128. The van der Waals surface area contributed by atoms with E-state index in [0.29, 0.717) is 4.90 Å². The summed E-state index contributed by atoms with van der Waals surface area (Å²) in [5.74, 6) is -1.49. The normalized spacial score (nSPS) is 11.3. The first-order valence-electron chi connectivity index (χ1n) is 6.95. The molecule has 8 nitrogen and oxygen atoms in total. The highest BCUT2D eigenvalue weighted by Crippen LogP contribution is 2.24. The smallest absolute Gasteiger partial charge is 0.340 e. The Labute approximate surface area is 143 Å². The predicted molar refractivity (Wildman–Crippen MR) is 88.5 cm³/mol. The molecular weight excluding hydrogens is 334 g/mol. The minimum Gasteiger partial charge on any atom is -0.449 e. The first-order chi connectivity index (χ1) is 11.2. The number of benzene rings is 1. The SMILES string of the molecule is C[C@@H](OC(=O)c1ccccc1SCC(=O)N(C)C)C(=O)NC(N)=O. The summed E-state index contributed by atoms with van der Waals surface area (Å²) >= 11 is 1.19. The number of nitrogens with zero attached hydrogens (tertiary/aromatic N) is 1. The molecule has 1 rings (SSSR count). The molecule has 0 radical (unpaired) electrons. The van der Waals surface area contributed by atoms with Crippen LogP contribution in [0.4, 0.5) is 4.79 Å². The van der Waals surface area contributed by atoms with Crippen molar-refractivity contribution in [2.75, 3.05) is 19.8 Å². The van der Waals surface area contributed by atoms with Gasteiger partial charge in [-0.3, -0.25) is 14.9 Å². The molecule has 9 heteroatoms. The summed E-state index contributed by atoms with van der Waals surface area (Å²) in [6.45, 7) is 1.32. The van der Waals surface area contributed by atoms with Gasteiger partial charge in [-0.2, -0.15) is 0 Å². The Bertz CT molecular complexity index is 648. The molecule has 0 saturated carbocycles. The minimum absolute atomic E-state index is 0.0997. The number of amides is 4. The van der Waals surface area contributed by atoms with Gasteiger partial charge in [0.15, 0.2) is 6.10 Å². The summed E-state index contributed by atoms with van der Waals surface area (Å²) < 4.78 is 5.03. The maximum atomic E-state index is 12.2. The molecule has 0 aromatic heterocycles. The number of primary amides is 1.